The number of aryl methyl sites for hydroxylation is 1. The summed E-state index contributed by atoms with van der Waals surface area (Å²) in [6.07, 6.45) is 2.04. The highest BCUT2D eigenvalue weighted by atomic mass is 32.1. The molecular weight excluding hydrogens is 296 g/mol. The van der Waals surface area contributed by atoms with Crippen molar-refractivity contribution in [2.75, 3.05) is 13.1 Å². The Morgan fingerprint density at radius 3 is 2.81 bits per heavy atom. The van der Waals surface area contributed by atoms with E-state index in [2.05, 4.69) is 19.9 Å². The van der Waals surface area contributed by atoms with E-state index in [-0.39, 0.29) is 17.6 Å². The van der Waals surface area contributed by atoms with Gasteiger partial charge in [0.25, 0.3) is 5.91 Å². The topological polar surface area (TPSA) is 114 Å². The van der Waals surface area contributed by atoms with Gasteiger partial charge >= 0.3 is 5.97 Å². The van der Waals surface area contributed by atoms with Crippen LogP contribution < -0.4 is 0 Å². The first-order valence-electron chi connectivity index (χ1n) is 6.35. The molecule has 1 saturated heterocycles. The molecule has 1 amide bonds. The van der Waals surface area contributed by atoms with Gasteiger partial charge < -0.3 is 10.0 Å². The van der Waals surface area contributed by atoms with Gasteiger partial charge in [-0.05, 0) is 18.0 Å². The van der Waals surface area contributed by atoms with E-state index in [4.69, 9.17) is 5.11 Å². The first-order valence-corrected chi connectivity index (χ1v) is 7.13. The van der Waals surface area contributed by atoms with E-state index in [1.54, 1.807) is 4.90 Å². The number of rotatable bonds is 4. The fourth-order valence-corrected chi connectivity index (χ4v) is 2.81. The summed E-state index contributed by atoms with van der Waals surface area (Å²) >= 11 is 1.10. The SMILES string of the molecule is CCc1nnsc1C(=O)N1CC(n2cc(C(=O)O)nn2)C1. The van der Waals surface area contributed by atoms with Crippen LogP contribution in [-0.4, -0.2) is 59.6 Å². The molecule has 0 bridgehead atoms. The van der Waals surface area contributed by atoms with Gasteiger partial charge in [0.15, 0.2) is 5.69 Å². The molecule has 0 saturated carbocycles. The lowest BCUT2D eigenvalue weighted by atomic mass is 10.1. The molecule has 1 N–H and O–H groups in total. The number of nitrogens with zero attached hydrogens (tertiary/aromatic N) is 6. The standard InChI is InChI=1S/C11H12N6O3S/c1-2-7-9(21-15-13-7)10(18)16-3-6(4-16)17-5-8(11(19)20)12-14-17/h5-6H,2-4H2,1H3,(H,19,20). The zero-order valence-corrected chi connectivity index (χ0v) is 11.9. The largest absolute Gasteiger partial charge is 0.476 e. The molecule has 1 fully saturated rings. The minimum absolute atomic E-state index is 0.0412. The van der Waals surface area contributed by atoms with Crippen molar-refractivity contribution < 1.29 is 14.7 Å². The summed E-state index contributed by atoms with van der Waals surface area (Å²) in [4.78, 5) is 25.3. The van der Waals surface area contributed by atoms with Crippen LogP contribution in [-0.2, 0) is 6.42 Å². The molecule has 3 heterocycles. The van der Waals surface area contributed by atoms with Gasteiger partial charge in [-0.2, -0.15) is 0 Å². The molecule has 3 rings (SSSR count). The van der Waals surface area contributed by atoms with Crippen LogP contribution in [0.3, 0.4) is 0 Å². The van der Waals surface area contributed by atoms with Crippen molar-refractivity contribution in [3.63, 3.8) is 0 Å². The molecule has 110 valence electrons. The minimum atomic E-state index is -1.11. The maximum Gasteiger partial charge on any atom is 0.358 e. The second kappa shape index (κ2) is 5.20. The fraction of sp³-hybridized carbons (Fsp3) is 0.455. The van der Waals surface area contributed by atoms with Crippen LogP contribution in [0.4, 0.5) is 0 Å². The Bertz CT molecular complexity index is 690. The highest BCUT2D eigenvalue weighted by molar-refractivity contribution is 7.08. The Kier molecular flexibility index (Phi) is 3.37. The molecule has 9 nitrogen and oxygen atoms in total. The van der Waals surface area contributed by atoms with E-state index < -0.39 is 5.97 Å². The number of hydrogen-bond donors (Lipinski definition) is 1. The third kappa shape index (κ3) is 2.37. The fourth-order valence-electron chi connectivity index (χ4n) is 2.09. The van der Waals surface area contributed by atoms with Crippen LogP contribution in [0, 0.1) is 0 Å². The number of carbonyl (C=O) groups excluding carboxylic acids is 1. The van der Waals surface area contributed by atoms with Gasteiger partial charge in [-0.15, -0.1) is 10.2 Å². The summed E-state index contributed by atoms with van der Waals surface area (Å²) < 4.78 is 5.29. The van der Waals surface area contributed by atoms with Crippen molar-refractivity contribution in [3.05, 3.63) is 22.5 Å². The zero-order chi connectivity index (χ0) is 15.0. The third-order valence-electron chi connectivity index (χ3n) is 3.34. The van der Waals surface area contributed by atoms with Crippen LogP contribution in [0.25, 0.3) is 0 Å². The molecule has 21 heavy (non-hydrogen) atoms. The Morgan fingerprint density at radius 1 is 1.43 bits per heavy atom. The summed E-state index contributed by atoms with van der Waals surface area (Å²) in [5, 5.41) is 20.1. The number of hydrogen-bond acceptors (Lipinski definition) is 7. The molecule has 0 aliphatic carbocycles. The molecule has 0 radical (unpaired) electrons. The first kappa shape index (κ1) is 13.6. The lowest BCUT2D eigenvalue weighted by Crippen LogP contribution is -2.50. The first-order chi connectivity index (χ1) is 10.1. The monoisotopic (exact) mass is 308 g/mol. The lowest BCUT2D eigenvalue weighted by Gasteiger charge is -2.38. The van der Waals surface area contributed by atoms with Gasteiger partial charge in [0.05, 0.1) is 17.9 Å². The van der Waals surface area contributed by atoms with Crippen LogP contribution in [0.15, 0.2) is 6.20 Å². The number of aromatic nitrogens is 5. The number of carboxylic acids is 1. The van der Waals surface area contributed by atoms with Crippen molar-refractivity contribution >= 4 is 23.4 Å². The van der Waals surface area contributed by atoms with Gasteiger partial charge in [0, 0.05) is 13.1 Å². The van der Waals surface area contributed by atoms with E-state index >= 15 is 0 Å². The Morgan fingerprint density at radius 2 is 2.19 bits per heavy atom. The maximum absolute atomic E-state index is 12.3. The second-order valence-electron chi connectivity index (χ2n) is 4.66. The van der Waals surface area contributed by atoms with E-state index in [1.165, 1.54) is 10.9 Å². The summed E-state index contributed by atoms with van der Waals surface area (Å²) in [5.41, 5.74) is 0.613. The van der Waals surface area contributed by atoms with Crippen molar-refractivity contribution in [2.45, 2.75) is 19.4 Å². The van der Waals surface area contributed by atoms with Gasteiger partial charge in [0.1, 0.15) is 4.88 Å². The summed E-state index contributed by atoms with van der Waals surface area (Å²) in [6.45, 7) is 2.87. The summed E-state index contributed by atoms with van der Waals surface area (Å²) in [6, 6.07) is -0.0412. The van der Waals surface area contributed by atoms with E-state index in [1.807, 2.05) is 6.92 Å². The van der Waals surface area contributed by atoms with Crippen LogP contribution in [0.5, 0.6) is 0 Å². The maximum atomic E-state index is 12.3. The average molecular weight is 308 g/mol. The van der Waals surface area contributed by atoms with E-state index in [0.717, 1.165) is 11.5 Å². The van der Waals surface area contributed by atoms with Crippen molar-refractivity contribution in [1.29, 1.82) is 0 Å². The average Bonchev–Trinajstić information content (AvgIpc) is 3.05. The molecule has 0 aromatic carbocycles. The molecule has 2 aromatic heterocycles. The molecular formula is C11H12N6O3S. The molecule has 10 heteroatoms. The molecule has 1 aliphatic heterocycles. The van der Waals surface area contributed by atoms with E-state index in [0.29, 0.717) is 30.1 Å². The van der Waals surface area contributed by atoms with Crippen molar-refractivity contribution in [3.8, 4) is 0 Å². The Labute approximate surface area is 123 Å². The van der Waals surface area contributed by atoms with Crippen molar-refractivity contribution in [2.24, 2.45) is 0 Å². The Balaban J connectivity index is 1.65. The van der Waals surface area contributed by atoms with Gasteiger partial charge in [-0.25, -0.2) is 9.48 Å². The summed E-state index contributed by atoms with van der Waals surface area (Å²) in [5.74, 6) is -1.20. The Hall–Kier alpha value is -2.36. The number of aromatic carboxylic acids is 1. The second-order valence-corrected chi connectivity index (χ2v) is 5.41. The highest BCUT2D eigenvalue weighted by Gasteiger charge is 2.35. The smallest absolute Gasteiger partial charge is 0.358 e. The van der Waals surface area contributed by atoms with Gasteiger partial charge in [-0.3, -0.25) is 4.79 Å². The third-order valence-corrected chi connectivity index (χ3v) is 4.09. The highest BCUT2D eigenvalue weighted by Crippen LogP contribution is 2.24. The number of amides is 1. The predicted octanol–water partition coefficient (Wildman–Crippen LogP) is 0.0873. The number of likely N-dealkylation sites (tertiary alicyclic amines) is 1. The number of carboxylic acid groups (broad SMARTS) is 1. The van der Waals surface area contributed by atoms with Crippen LogP contribution in [0.1, 0.15) is 38.8 Å². The van der Waals surface area contributed by atoms with Crippen LogP contribution in [0.2, 0.25) is 0 Å². The van der Waals surface area contributed by atoms with Crippen molar-refractivity contribution in [1.82, 2.24) is 29.5 Å². The molecule has 2 aromatic rings. The zero-order valence-electron chi connectivity index (χ0n) is 11.1. The van der Waals surface area contributed by atoms with Gasteiger partial charge in [-0.1, -0.05) is 16.6 Å². The molecule has 0 spiro atoms. The predicted molar refractivity (Wildman–Crippen MR) is 71.2 cm³/mol. The quantitative estimate of drug-likeness (QED) is 0.851. The minimum Gasteiger partial charge on any atom is -0.476 e. The normalized spacial score (nSPS) is 15.0. The molecule has 0 unspecified atom stereocenters. The lowest BCUT2D eigenvalue weighted by molar-refractivity contribution is 0.0501. The summed E-state index contributed by atoms with van der Waals surface area (Å²) in [7, 11) is 0. The van der Waals surface area contributed by atoms with Gasteiger partial charge in [0.2, 0.25) is 0 Å². The molecule has 1 aliphatic rings. The molecule has 0 atom stereocenters. The van der Waals surface area contributed by atoms with Crippen LogP contribution >= 0.6 is 11.5 Å². The number of carbonyl (C=O) groups is 2. The van der Waals surface area contributed by atoms with E-state index in [9.17, 15) is 9.59 Å².